The number of H-pyrrole nitrogens is 1. The lowest BCUT2D eigenvalue weighted by molar-refractivity contribution is 0.186. The number of aliphatic hydroxyl groups is 1. The van der Waals surface area contributed by atoms with Crippen LogP contribution in [0, 0.1) is 0 Å². The van der Waals surface area contributed by atoms with Crippen molar-refractivity contribution >= 4 is 16.9 Å². The number of para-hydroxylation sites is 1. The van der Waals surface area contributed by atoms with Crippen LogP contribution in [0.1, 0.15) is 13.3 Å². The van der Waals surface area contributed by atoms with Crippen LogP contribution in [0.3, 0.4) is 0 Å². The quantitative estimate of drug-likeness (QED) is 0.849. The molecular weight excluding hydrogens is 230 g/mol. The van der Waals surface area contributed by atoms with E-state index in [1.165, 1.54) is 0 Å². The van der Waals surface area contributed by atoms with Gasteiger partial charge in [-0.1, -0.05) is 12.1 Å². The van der Waals surface area contributed by atoms with Gasteiger partial charge in [0.1, 0.15) is 0 Å². The number of hydrogen-bond donors (Lipinski definition) is 2. The van der Waals surface area contributed by atoms with Crippen LogP contribution in [0.5, 0.6) is 0 Å². The van der Waals surface area contributed by atoms with Crippen molar-refractivity contribution in [3.63, 3.8) is 0 Å². The first kappa shape index (κ1) is 12.6. The van der Waals surface area contributed by atoms with Crippen molar-refractivity contribution in [2.75, 3.05) is 18.5 Å². The summed E-state index contributed by atoms with van der Waals surface area (Å²) < 4.78 is 0. The summed E-state index contributed by atoms with van der Waals surface area (Å²) in [6, 6.07) is 7.24. The zero-order chi connectivity index (χ0) is 13.1. The normalized spacial score (nSPS) is 12.6. The Hall–Kier alpha value is -1.88. The minimum Gasteiger partial charge on any atom is -0.393 e. The SMILES string of the molecule is C[C@@H](O)CCN(C)c1nc2ccccc2c(=O)[nH]1. The van der Waals surface area contributed by atoms with E-state index in [-0.39, 0.29) is 11.7 Å². The fourth-order valence-corrected chi connectivity index (χ4v) is 1.74. The Morgan fingerprint density at radius 1 is 1.44 bits per heavy atom. The molecule has 1 aromatic heterocycles. The molecule has 2 N–H and O–H groups in total. The molecule has 1 atom stereocenters. The van der Waals surface area contributed by atoms with E-state index in [1.807, 2.05) is 30.1 Å². The number of aromatic nitrogens is 2. The molecule has 18 heavy (non-hydrogen) atoms. The lowest BCUT2D eigenvalue weighted by atomic mass is 10.2. The highest BCUT2D eigenvalue weighted by Gasteiger charge is 2.08. The maximum atomic E-state index is 11.9. The van der Waals surface area contributed by atoms with Gasteiger partial charge < -0.3 is 10.0 Å². The molecule has 0 saturated heterocycles. The Bertz CT molecular complexity index is 592. The summed E-state index contributed by atoms with van der Waals surface area (Å²) in [7, 11) is 1.84. The number of anilines is 1. The Balaban J connectivity index is 2.31. The molecule has 0 amide bonds. The number of nitrogens with one attached hydrogen (secondary N) is 1. The Morgan fingerprint density at radius 3 is 2.89 bits per heavy atom. The van der Waals surface area contributed by atoms with Crippen LogP contribution >= 0.6 is 0 Å². The first-order valence-electron chi connectivity index (χ1n) is 5.96. The second-order valence-electron chi connectivity index (χ2n) is 4.47. The second kappa shape index (κ2) is 5.18. The largest absolute Gasteiger partial charge is 0.393 e. The van der Waals surface area contributed by atoms with E-state index < -0.39 is 0 Å². The molecule has 0 fully saturated rings. The molecule has 0 spiro atoms. The number of nitrogens with zero attached hydrogens (tertiary/aromatic N) is 2. The fraction of sp³-hybridized carbons (Fsp3) is 0.385. The van der Waals surface area contributed by atoms with E-state index in [9.17, 15) is 9.90 Å². The number of rotatable bonds is 4. The Morgan fingerprint density at radius 2 is 2.17 bits per heavy atom. The molecule has 0 aliphatic heterocycles. The minimum atomic E-state index is -0.361. The van der Waals surface area contributed by atoms with Crippen LogP contribution in [0.25, 0.3) is 10.9 Å². The van der Waals surface area contributed by atoms with Crippen molar-refractivity contribution in [1.29, 1.82) is 0 Å². The van der Waals surface area contributed by atoms with Gasteiger partial charge >= 0.3 is 0 Å². The third kappa shape index (κ3) is 2.68. The smallest absolute Gasteiger partial charge is 0.260 e. The number of benzene rings is 1. The maximum absolute atomic E-state index is 11.9. The van der Waals surface area contributed by atoms with Gasteiger partial charge in [-0.15, -0.1) is 0 Å². The van der Waals surface area contributed by atoms with Crippen LogP contribution < -0.4 is 10.5 Å². The zero-order valence-electron chi connectivity index (χ0n) is 10.6. The molecule has 0 bridgehead atoms. The summed E-state index contributed by atoms with van der Waals surface area (Å²) in [6.45, 7) is 2.38. The zero-order valence-corrected chi connectivity index (χ0v) is 10.6. The topological polar surface area (TPSA) is 69.2 Å². The number of fused-ring (bicyclic) bond motifs is 1. The predicted molar refractivity (Wildman–Crippen MR) is 71.9 cm³/mol. The Kier molecular flexibility index (Phi) is 3.62. The lowest BCUT2D eigenvalue weighted by Crippen LogP contribution is -2.26. The molecule has 2 aromatic rings. The van der Waals surface area contributed by atoms with Gasteiger partial charge in [0.15, 0.2) is 0 Å². The molecule has 1 heterocycles. The van der Waals surface area contributed by atoms with Gasteiger partial charge in [0.25, 0.3) is 5.56 Å². The molecule has 96 valence electrons. The van der Waals surface area contributed by atoms with Crippen molar-refractivity contribution in [2.45, 2.75) is 19.4 Å². The number of hydrogen-bond acceptors (Lipinski definition) is 4. The molecule has 5 nitrogen and oxygen atoms in total. The predicted octanol–water partition coefficient (Wildman–Crippen LogP) is 1.13. The molecule has 0 radical (unpaired) electrons. The minimum absolute atomic E-state index is 0.139. The molecule has 0 aliphatic rings. The van der Waals surface area contributed by atoms with Gasteiger partial charge in [-0.25, -0.2) is 4.98 Å². The van der Waals surface area contributed by atoms with Gasteiger partial charge in [0.2, 0.25) is 5.95 Å². The third-order valence-electron chi connectivity index (χ3n) is 2.84. The van der Waals surface area contributed by atoms with E-state index in [1.54, 1.807) is 13.0 Å². The summed E-state index contributed by atoms with van der Waals surface area (Å²) >= 11 is 0. The maximum Gasteiger partial charge on any atom is 0.260 e. The lowest BCUT2D eigenvalue weighted by Gasteiger charge is -2.18. The second-order valence-corrected chi connectivity index (χ2v) is 4.47. The van der Waals surface area contributed by atoms with Crippen LogP contribution in [-0.4, -0.2) is 34.8 Å². The van der Waals surface area contributed by atoms with Crippen molar-refractivity contribution in [3.8, 4) is 0 Å². The van der Waals surface area contributed by atoms with Gasteiger partial charge in [0.05, 0.1) is 17.0 Å². The summed E-state index contributed by atoms with van der Waals surface area (Å²) in [4.78, 5) is 20.9. The van der Waals surface area contributed by atoms with Gasteiger partial charge in [0, 0.05) is 13.6 Å². The highest BCUT2D eigenvalue weighted by atomic mass is 16.3. The van der Waals surface area contributed by atoms with Gasteiger partial charge in [-0.2, -0.15) is 0 Å². The van der Waals surface area contributed by atoms with E-state index in [4.69, 9.17) is 0 Å². The molecule has 0 unspecified atom stereocenters. The average molecular weight is 247 g/mol. The standard InChI is InChI=1S/C13H17N3O2/c1-9(17)7-8-16(2)13-14-11-6-4-3-5-10(11)12(18)15-13/h3-6,9,17H,7-8H2,1-2H3,(H,14,15,18)/t9-/m1/s1. The summed E-state index contributed by atoms with van der Waals surface area (Å²) in [5, 5.41) is 9.84. The first-order chi connectivity index (χ1) is 8.58. The Labute approximate surface area is 105 Å². The average Bonchev–Trinajstić information content (AvgIpc) is 2.36. The molecule has 1 aromatic carbocycles. The van der Waals surface area contributed by atoms with Gasteiger partial charge in [-0.3, -0.25) is 9.78 Å². The summed E-state index contributed by atoms with van der Waals surface area (Å²) in [5.74, 6) is 0.527. The number of aromatic amines is 1. The third-order valence-corrected chi connectivity index (χ3v) is 2.84. The van der Waals surface area contributed by atoms with E-state index >= 15 is 0 Å². The van der Waals surface area contributed by atoms with E-state index in [0.717, 1.165) is 0 Å². The van der Waals surface area contributed by atoms with Crippen molar-refractivity contribution in [3.05, 3.63) is 34.6 Å². The van der Waals surface area contributed by atoms with Crippen molar-refractivity contribution in [1.82, 2.24) is 9.97 Å². The molecule has 2 rings (SSSR count). The molecule has 5 heteroatoms. The van der Waals surface area contributed by atoms with Crippen LogP contribution in [0.15, 0.2) is 29.1 Å². The number of aliphatic hydroxyl groups excluding tert-OH is 1. The highest BCUT2D eigenvalue weighted by Crippen LogP contribution is 2.10. The summed E-state index contributed by atoms with van der Waals surface area (Å²) in [5.41, 5.74) is 0.541. The highest BCUT2D eigenvalue weighted by molar-refractivity contribution is 5.78. The van der Waals surface area contributed by atoms with E-state index in [0.29, 0.717) is 29.8 Å². The van der Waals surface area contributed by atoms with Crippen molar-refractivity contribution < 1.29 is 5.11 Å². The fourth-order valence-electron chi connectivity index (χ4n) is 1.74. The monoisotopic (exact) mass is 247 g/mol. The van der Waals surface area contributed by atoms with Gasteiger partial charge in [-0.05, 0) is 25.5 Å². The molecular formula is C13H17N3O2. The van der Waals surface area contributed by atoms with Crippen LogP contribution in [0.4, 0.5) is 5.95 Å². The van der Waals surface area contributed by atoms with Crippen LogP contribution in [0.2, 0.25) is 0 Å². The first-order valence-corrected chi connectivity index (χ1v) is 5.96. The van der Waals surface area contributed by atoms with Crippen LogP contribution in [-0.2, 0) is 0 Å². The summed E-state index contributed by atoms with van der Waals surface area (Å²) in [6.07, 6.45) is 0.271. The van der Waals surface area contributed by atoms with Crippen molar-refractivity contribution in [2.24, 2.45) is 0 Å². The molecule has 0 aliphatic carbocycles. The van der Waals surface area contributed by atoms with E-state index in [2.05, 4.69) is 9.97 Å². The molecule has 0 saturated carbocycles.